The number of rotatable bonds is 5. The zero-order chi connectivity index (χ0) is 25.2. The number of hydrogen-bond donors (Lipinski definition) is 5. The fourth-order valence-corrected chi connectivity index (χ4v) is 3.60. The number of primary sulfonamides is 1. The molecule has 1 heterocycles. The number of nitrogens with zero attached hydrogens (tertiary/aromatic N) is 1. The molecule has 3 aromatic rings. The van der Waals surface area contributed by atoms with E-state index in [2.05, 4.69) is 41.9 Å². The second-order valence-corrected chi connectivity index (χ2v) is 9.15. The van der Waals surface area contributed by atoms with Crippen molar-refractivity contribution in [3.05, 3.63) is 59.3 Å². The van der Waals surface area contributed by atoms with Gasteiger partial charge in [-0.25, -0.2) is 13.6 Å². The normalized spacial score (nSPS) is 9.74. The molecule has 2 aromatic carbocycles. The van der Waals surface area contributed by atoms with Gasteiger partial charge in [0, 0.05) is 22.6 Å². The molecule has 0 aliphatic carbocycles. The number of benzene rings is 2. The van der Waals surface area contributed by atoms with Crippen LogP contribution in [0, 0.1) is 0 Å². The number of carbonyl (C=O) groups is 2. The Kier molecular flexibility index (Phi) is 16.0. The first-order valence-electron chi connectivity index (χ1n) is 9.21. The van der Waals surface area contributed by atoms with Crippen molar-refractivity contribution in [2.45, 2.75) is 32.1 Å². The second kappa shape index (κ2) is 16.2. The predicted octanol–water partition coefficient (Wildman–Crippen LogP) is 4.06. The molecule has 2 amide bonds. The number of aryl methyl sites for hydroxylation is 1. The predicted molar refractivity (Wildman–Crippen MR) is 145 cm³/mol. The maximum atomic E-state index is 12.0. The van der Waals surface area contributed by atoms with E-state index in [0.717, 1.165) is 12.0 Å². The highest BCUT2D eigenvalue weighted by molar-refractivity contribution is 7.96. The highest BCUT2D eigenvalue weighted by atomic mass is 35.5. The average Bonchev–Trinajstić information content (AvgIpc) is 3.11. The SMILES string of the molecule is C.CCCc1onc(-c2ccc(Cl)cc2)c1-c1ccccc1S(N)(=O)=O.NC(=O)S.NC(=O)S.O. The van der Waals surface area contributed by atoms with Gasteiger partial charge in [0.25, 0.3) is 10.5 Å². The van der Waals surface area contributed by atoms with Crippen LogP contribution >= 0.6 is 36.9 Å². The van der Waals surface area contributed by atoms with Crippen molar-refractivity contribution in [2.24, 2.45) is 16.6 Å². The maximum Gasteiger partial charge on any atom is 0.273 e. The zero-order valence-corrected chi connectivity index (χ0v) is 21.3. The van der Waals surface area contributed by atoms with Crippen LogP contribution in [0.5, 0.6) is 0 Å². The Bertz CT molecular complexity index is 1180. The first kappa shape index (κ1) is 34.6. The summed E-state index contributed by atoms with van der Waals surface area (Å²) in [6.45, 7) is 2.01. The molecule has 3 rings (SSSR count). The van der Waals surface area contributed by atoms with Gasteiger partial charge in [0.1, 0.15) is 11.5 Å². The summed E-state index contributed by atoms with van der Waals surface area (Å²) in [7, 11) is -3.89. The summed E-state index contributed by atoms with van der Waals surface area (Å²) in [6.07, 6.45) is 1.47. The average molecular weight is 565 g/mol. The number of hydrogen-bond acceptors (Lipinski definition) is 6. The Morgan fingerprint density at radius 1 is 1.03 bits per heavy atom. The monoisotopic (exact) mass is 564 g/mol. The number of primary amides is 2. The Labute approximate surface area is 220 Å². The fourth-order valence-electron chi connectivity index (χ4n) is 2.73. The molecule has 14 heteroatoms. The molecule has 0 aliphatic heterocycles. The minimum absolute atomic E-state index is 0. The van der Waals surface area contributed by atoms with E-state index < -0.39 is 20.5 Å². The van der Waals surface area contributed by atoms with Crippen molar-refractivity contribution in [1.82, 2.24) is 5.16 Å². The lowest BCUT2D eigenvalue weighted by Crippen LogP contribution is -2.13. The molecular formula is C21H29ClN4O6S3. The molecule has 0 fully saturated rings. The number of carbonyl (C=O) groups excluding carboxylic acids is 2. The number of amides is 2. The third-order valence-corrected chi connectivity index (χ3v) is 5.04. The molecule has 194 valence electrons. The van der Waals surface area contributed by atoms with Gasteiger partial charge in [0.15, 0.2) is 0 Å². The third kappa shape index (κ3) is 11.6. The molecule has 0 radical (unpaired) electrons. The molecule has 0 saturated heterocycles. The van der Waals surface area contributed by atoms with Crippen molar-refractivity contribution in [3.63, 3.8) is 0 Å². The van der Waals surface area contributed by atoms with Gasteiger partial charge < -0.3 is 21.5 Å². The minimum Gasteiger partial charge on any atom is -0.412 e. The highest BCUT2D eigenvalue weighted by Gasteiger charge is 2.24. The molecule has 1 aromatic heterocycles. The van der Waals surface area contributed by atoms with Crippen LogP contribution in [0.3, 0.4) is 0 Å². The molecule has 0 saturated carbocycles. The van der Waals surface area contributed by atoms with Crippen LogP contribution in [0.4, 0.5) is 9.59 Å². The van der Waals surface area contributed by atoms with Crippen LogP contribution in [0.2, 0.25) is 5.02 Å². The Hall–Kier alpha value is -2.55. The molecule has 0 atom stereocenters. The summed E-state index contributed by atoms with van der Waals surface area (Å²) in [4.78, 5) is 18.2. The second-order valence-electron chi connectivity index (χ2n) is 6.30. The molecule has 0 spiro atoms. The van der Waals surface area contributed by atoms with E-state index >= 15 is 0 Å². The molecule has 0 bridgehead atoms. The van der Waals surface area contributed by atoms with Gasteiger partial charge in [-0.15, -0.1) is 0 Å². The number of sulfonamides is 1. The van der Waals surface area contributed by atoms with Crippen molar-refractivity contribution in [2.75, 3.05) is 0 Å². The molecule has 8 N–H and O–H groups in total. The Morgan fingerprint density at radius 2 is 1.51 bits per heavy atom. The van der Waals surface area contributed by atoms with Gasteiger partial charge in [0.2, 0.25) is 10.0 Å². The van der Waals surface area contributed by atoms with Crippen molar-refractivity contribution in [1.29, 1.82) is 0 Å². The molecular weight excluding hydrogens is 536 g/mol. The van der Waals surface area contributed by atoms with E-state index in [1.165, 1.54) is 6.07 Å². The first-order valence-corrected chi connectivity index (χ1v) is 12.0. The molecule has 10 nitrogen and oxygen atoms in total. The Morgan fingerprint density at radius 3 is 1.97 bits per heavy atom. The first-order chi connectivity index (χ1) is 15.4. The number of aromatic nitrogens is 1. The van der Waals surface area contributed by atoms with Crippen molar-refractivity contribution in [3.8, 4) is 22.4 Å². The lowest BCUT2D eigenvalue weighted by molar-refractivity contribution is 0.266. The molecule has 35 heavy (non-hydrogen) atoms. The van der Waals surface area contributed by atoms with E-state index in [1.54, 1.807) is 30.3 Å². The summed E-state index contributed by atoms with van der Waals surface area (Å²) in [5, 5.41) is 8.91. The Balaban J connectivity index is 0. The van der Waals surface area contributed by atoms with Crippen molar-refractivity contribution < 1.29 is 28.0 Å². The van der Waals surface area contributed by atoms with Crippen LogP contribution in [0.25, 0.3) is 22.4 Å². The highest BCUT2D eigenvalue weighted by Crippen LogP contribution is 2.38. The quantitative estimate of drug-likeness (QED) is 0.288. The van der Waals surface area contributed by atoms with Crippen LogP contribution in [0.1, 0.15) is 26.5 Å². The van der Waals surface area contributed by atoms with E-state index in [4.69, 9.17) is 30.9 Å². The van der Waals surface area contributed by atoms with Gasteiger partial charge in [-0.05, 0) is 24.6 Å². The van der Waals surface area contributed by atoms with Crippen LogP contribution in [-0.4, -0.2) is 29.5 Å². The lowest BCUT2D eigenvalue weighted by Gasteiger charge is -2.09. The van der Waals surface area contributed by atoms with E-state index in [1.807, 2.05) is 19.1 Å². The topological polar surface area (TPSA) is 204 Å². The fraction of sp³-hybridized carbons (Fsp3) is 0.190. The van der Waals surface area contributed by atoms with E-state index in [9.17, 15) is 8.42 Å². The summed E-state index contributed by atoms with van der Waals surface area (Å²) >= 11 is 12.2. The van der Waals surface area contributed by atoms with Crippen molar-refractivity contribution >= 4 is 57.4 Å². The summed E-state index contributed by atoms with van der Waals surface area (Å²) in [5.41, 5.74) is 11.2. The van der Waals surface area contributed by atoms with Crippen LogP contribution in [-0.2, 0) is 16.4 Å². The standard InChI is InChI=1S/C18H17ClN2O3S.2CH3NOS.CH4.H2O/c1-2-5-15-17(14-6-3-4-7-16(14)25(20,22)23)18(21-24-15)12-8-10-13(19)11-9-12;2*2-1(3)4;;/h3-4,6-11H,2,5H2,1H3,(H2,20,22,23);2*(H3,2,3,4);1H4;1H2. The van der Waals surface area contributed by atoms with Gasteiger partial charge >= 0.3 is 0 Å². The van der Waals surface area contributed by atoms with Crippen LogP contribution < -0.4 is 16.6 Å². The minimum atomic E-state index is -3.89. The van der Waals surface area contributed by atoms with Crippen LogP contribution in [0.15, 0.2) is 57.9 Å². The van der Waals surface area contributed by atoms with Gasteiger partial charge in [-0.3, -0.25) is 9.59 Å². The number of nitrogens with two attached hydrogens (primary N) is 3. The van der Waals surface area contributed by atoms with E-state index in [-0.39, 0.29) is 17.8 Å². The maximum absolute atomic E-state index is 12.0. The number of halogens is 1. The number of thiol groups is 2. The summed E-state index contributed by atoms with van der Waals surface area (Å²) in [6, 6.07) is 13.7. The smallest absolute Gasteiger partial charge is 0.273 e. The summed E-state index contributed by atoms with van der Waals surface area (Å²) in [5.74, 6) is 0.628. The lowest BCUT2D eigenvalue weighted by atomic mass is 9.97. The molecule has 0 aliphatic rings. The van der Waals surface area contributed by atoms with E-state index in [0.29, 0.717) is 34.0 Å². The van der Waals surface area contributed by atoms with Gasteiger partial charge in [0.05, 0.1) is 10.5 Å². The zero-order valence-electron chi connectivity index (χ0n) is 17.9. The third-order valence-electron chi connectivity index (χ3n) is 3.82. The summed E-state index contributed by atoms with van der Waals surface area (Å²) < 4.78 is 29.6. The largest absolute Gasteiger partial charge is 0.412 e. The van der Waals surface area contributed by atoms with Gasteiger partial charge in [-0.2, -0.15) is 0 Å². The van der Waals surface area contributed by atoms with Gasteiger partial charge in [-0.1, -0.05) is 86.7 Å². The molecule has 0 unspecified atom stereocenters.